The zero-order chi connectivity index (χ0) is 20.3. The van der Waals surface area contributed by atoms with Gasteiger partial charge in [0.25, 0.3) is 11.8 Å². The van der Waals surface area contributed by atoms with Crippen molar-refractivity contribution < 1.29 is 18.6 Å². The number of hydrogen-bond acceptors (Lipinski definition) is 5. The summed E-state index contributed by atoms with van der Waals surface area (Å²) < 4.78 is 35.4. The Kier molecular flexibility index (Phi) is 4.11. The van der Waals surface area contributed by atoms with Gasteiger partial charge < -0.3 is 15.2 Å². The van der Waals surface area contributed by atoms with E-state index in [1.54, 1.807) is 42.5 Å². The summed E-state index contributed by atoms with van der Waals surface area (Å²) in [4.78, 5) is 0. The fraction of sp³-hybridized carbons (Fsp3) is 0.474. The van der Waals surface area contributed by atoms with Gasteiger partial charge in [-0.2, -0.15) is 5.10 Å². The van der Waals surface area contributed by atoms with E-state index in [-0.39, 0.29) is 13.0 Å². The minimum Gasteiger partial charge on any atom is -0.478 e. The molecular formula is C19H23F2N5O2. The van der Waals surface area contributed by atoms with Crippen LogP contribution < -0.4 is 10.1 Å². The van der Waals surface area contributed by atoms with E-state index in [0.717, 1.165) is 5.39 Å². The number of fused-ring (bicyclic) bond motifs is 1. The molecule has 3 aromatic rings. The van der Waals surface area contributed by atoms with Crippen LogP contribution in [0.5, 0.6) is 5.88 Å². The Morgan fingerprint density at radius 3 is 2.68 bits per heavy atom. The summed E-state index contributed by atoms with van der Waals surface area (Å²) in [5.41, 5.74) is 0.953. The van der Waals surface area contributed by atoms with Gasteiger partial charge in [-0.05, 0) is 31.5 Å². The number of rotatable bonds is 6. The Labute approximate surface area is 160 Å². The average Bonchev–Trinajstić information content (AvgIpc) is 2.91. The summed E-state index contributed by atoms with van der Waals surface area (Å²) in [6.07, 6.45) is 1.63. The number of aliphatic hydroxyl groups is 1. The molecule has 1 aliphatic rings. The second-order valence-corrected chi connectivity index (χ2v) is 7.83. The summed E-state index contributed by atoms with van der Waals surface area (Å²) in [6, 6.07) is 5.45. The second kappa shape index (κ2) is 6.16. The van der Waals surface area contributed by atoms with Crippen LogP contribution in [0, 0.1) is 5.92 Å². The number of nitrogens with one attached hydrogen (secondary N) is 1. The lowest BCUT2D eigenvalue weighted by molar-refractivity contribution is 0.0786. The Balaban J connectivity index is 1.77. The molecule has 1 saturated carbocycles. The van der Waals surface area contributed by atoms with Crippen molar-refractivity contribution in [3.05, 3.63) is 30.0 Å². The van der Waals surface area contributed by atoms with E-state index < -0.39 is 17.4 Å². The molecule has 28 heavy (non-hydrogen) atoms. The van der Waals surface area contributed by atoms with Crippen LogP contribution in [0.2, 0.25) is 0 Å². The van der Waals surface area contributed by atoms with Crippen molar-refractivity contribution in [3.63, 3.8) is 0 Å². The van der Waals surface area contributed by atoms with E-state index in [1.165, 1.54) is 7.11 Å². The molecule has 1 atom stereocenters. The predicted molar refractivity (Wildman–Crippen MR) is 101 cm³/mol. The summed E-state index contributed by atoms with van der Waals surface area (Å²) >= 11 is 0. The SMILES string of the molecule is COc1nn(C)cc1Nc1nn(C[C@H]2CC2(F)F)c2cc(C(C)(C)O)ccc12. The van der Waals surface area contributed by atoms with E-state index in [9.17, 15) is 13.9 Å². The van der Waals surface area contributed by atoms with E-state index >= 15 is 0 Å². The maximum atomic E-state index is 13.5. The number of methoxy groups -OCH3 is 1. The highest BCUT2D eigenvalue weighted by atomic mass is 19.3. The van der Waals surface area contributed by atoms with Crippen molar-refractivity contribution in [2.75, 3.05) is 12.4 Å². The molecule has 0 unspecified atom stereocenters. The first-order chi connectivity index (χ1) is 13.1. The first kappa shape index (κ1) is 18.7. The fourth-order valence-corrected chi connectivity index (χ4v) is 3.29. The number of ether oxygens (including phenoxy) is 1. The molecule has 9 heteroatoms. The maximum absolute atomic E-state index is 13.5. The van der Waals surface area contributed by atoms with Gasteiger partial charge in [0.05, 0.1) is 31.0 Å². The molecule has 2 aromatic heterocycles. The number of alkyl halides is 2. The molecule has 0 saturated heterocycles. The van der Waals surface area contributed by atoms with E-state index in [1.807, 2.05) is 12.1 Å². The zero-order valence-electron chi connectivity index (χ0n) is 16.2. The molecule has 0 aliphatic heterocycles. The summed E-state index contributed by atoms with van der Waals surface area (Å²) in [5.74, 6) is -2.42. The molecule has 1 fully saturated rings. The summed E-state index contributed by atoms with van der Waals surface area (Å²) in [5, 5.41) is 23.0. The largest absolute Gasteiger partial charge is 0.478 e. The van der Waals surface area contributed by atoms with Crippen LogP contribution in [0.25, 0.3) is 10.9 Å². The van der Waals surface area contributed by atoms with Gasteiger partial charge in [0.1, 0.15) is 5.69 Å². The van der Waals surface area contributed by atoms with Crippen molar-refractivity contribution in [2.24, 2.45) is 13.0 Å². The molecule has 0 spiro atoms. The number of aromatic nitrogens is 4. The molecule has 0 radical (unpaired) electrons. The number of halogens is 2. The number of aryl methyl sites for hydroxylation is 1. The molecule has 0 amide bonds. The number of benzene rings is 1. The molecule has 7 nitrogen and oxygen atoms in total. The minimum absolute atomic E-state index is 0.116. The lowest BCUT2D eigenvalue weighted by Crippen LogP contribution is -2.15. The van der Waals surface area contributed by atoms with E-state index in [4.69, 9.17) is 4.74 Å². The number of anilines is 2. The quantitative estimate of drug-likeness (QED) is 0.673. The lowest BCUT2D eigenvalue weighted by atomic mass is 9.97. The van der Waals surface area contributed by atoms with E-state index in [0.29, 0.717) is 28.5 Å². The number of nitrogens with zero attached hydrogens (tertiary/aromatic N) is 4. The zero-order valence-corrected chi connectivity index (χ0v) is 16.2. The van der Waals surface area contributed by atoms with Gasteiger partial charge in [0.2, 0.25) is 0 Å². The van der Waals surface area contributed by atoms with Crippen LogP contribution in [0.3, 0.4) is 0 Å². The van der Waals surface area contributed by atoms with Gasteiger partial charge in [0, 0.05) is 24.8 Å². The highest BCUT2D eigenvalue weighted by molar-refractivity contribution is 5.92. The molecule has 1 aliphatic carbocycles. The lowest BCUT2D eigenvalue weighted by Gasteiger charge is -2.18. The molecule has 2 N–H and O–H groups in total. The standard InChI is InChI=1S/C19H23F2N5O2/c1-18(2,27)11-5-6-13-15(7-11)26(9-12-8-19(12,20)21)23-16(13)22-14-10-25(3)24-17(14)28-4/h5-7,10,12,27H,8-9H2,1-4H3,(H,22,23)/t12-/m1/s1. The smallest absolute Gasteiger partial charge is 0.256 e. The minimum atomic E-state index is -2.63. The Bertz CT molecular complexity index is 1040. The summed E-state index contributed by atoms with van der Waals surface area (Å²) in [6.45, 7) is 3.48. The van der Waals surface area contributed by atoms with E-state index in [2.05, 4.69) is 15.5 Å². The molecule has 2 heterocycles. The van der Waals surface area contributed by atoms with Crippen molar-refractivity contribution in [2.45, 2.75) is 38.3 Å². The topological polar surface area (TPSA) is 77.1 Å². The molecule has 150 valence electrons. The van der Waals surface area contributed by atoms with Gasteiger partial charge in [-0.1, -0.05) is 6.07 Å². The van der Waals surface area contributed by atoms with Crippen LogP contribution in [-0.4, -0.2) is 37.7 Å². The van der Waals surface area contributed by atoms with Crippen LogP contribution >= 0.6 is 0 Å². The molecular weight excluding hydrogens is 368 g/mol. The average molecular weight is 391 g/mol. The van der Waals surface area contributed by atoms with Gasteiger partial charge in [-0.25, -0.2) is 8.78 Å². The third-order valence-corrected chi connectivity index (χ3v) is 5.05. The fourth-order valence-electron chi connectivity index (χ4n) is 3.29. The van der Waals surface area contributed by atoms with Gasteiger partial charge >= 0.3 is 0 Å². The Morgan fingerprint density at radius 1 is 1.36 bits per heavy atom. The monoisotopic (exact) mass is 391 g/mol. The highest BCUT2D eigenvalue weighted by Gasteiger charge is 2.57. The van der Waals surface area contributed by atoms with Crippen molar-refractivity contribution in [3.8, 4) is 5.88 Å². The van der Waals surface area contributed by atoms with Crippen LogP contribution in [0.1, 0.15) is 25.8 Å². The van der Waals surface area contributed by atoms with Crippen LogP contribution in [0.4, 0.5) is 20.3 Å². The van der Waals surface area contributed by atoms with Crippen molar-refractivity contribution in [1.29, 1.82) is 0 Å². The van der Waals surface area contributed by atoms with Crippen molar-refractivity contribution in [1.82, 2.24) is 19.6 Å². The number of hydrogen-bond donors (Lipinski definition) is 2. The normalized spacial score (nSPS) is 18.5. The molecule has 1 aromatic carbocycles. The first-order valence-electron chi connectivity index (χ1n) is 9.04. The maximum Gasteiger partial charge on any atom is 0.256 e. The highest BCUT2D eigenvalue weighted by Crippen LogP contribution is 2.50. The van der Waals surface area contributed by atoms with Crippen molar-refractivity contribution >= 4 is 22.4 Å². The Hall–Kier alpha value is -2.68. The third-order valence-electron chi connectivity index (χ3n) is 5.05. The first-order valence-corrected chi connectivity index (χ1v) is 9.04. The second-order valence-electron chi connectivity index (χ2n) is 7.83. The van der Waals surface area contributed by atoms with Gasteiger partial charge in [-0.15, -0.1) is 5.10 Å². The van der Waals surface area contributed by atoms with Crippen LogP contribution in [-0.2, 0) is 19.2 Å². The Morgan fingerprint density at radius 2 is 2.07 bits per heavy atom. The van der Waals surface area contributed by atoms with Crippen LogP contribution in [0.15, 0.2) is 24.4 Å². The van der Waals surface area contributed by atoms with Gasteiger partial charge in [0.15, 0.2) is 5.82 Å². The molecule has 4 rings (SSSR count). The summed E-state index contributed by atoms with van der Waals surface area (Å²) in [7, 11) is 3.30. The molecule has 0 bridgehead atoms. The van der Waals surface area contributed by atoms with Gasteiger partial charge in [-0.3, -0.25) is 9.36 Å². The predicted octanol–water partition coefficient (Wildman–Crippen LogP) is 3.40. The third kappa shape index (κ3) is 3.30.